The number of carbonyl (C=O) groups excluding carboxylic acids is 3. The lowest BCUT2D eigenvalue weighted by Crippen LogP contribution is -2.72. The Kier molecular flexibility index (Phi) is 8.71. The second-order valence-electron chi connectivity index (χ2n) is 10.8. The lowest BCUT2D eigenvalue weighted by molar-refractivity contribution is -0.154. The molecule has 1 saturated heterocycles. The second-order valence-corrected chi connectivity index (χ2v) is 10.8. The molecule has 1 aliphatic carbocycles. The van der Waals surface area contributed by atoms with Crippen molar-refractivity contribution in [1.29, 1.82) is 0 Å². The number of nitrogens with zero attached hydrogens (tertiary/aromatic N) is 1. The minimum Gasteiger partial charge on any atom is -0.352 e. The molecule has 1 aliphatic heterocycles. The Balaban J connectivity index is 1.51. The zero-order valence-corrected chi connectivity index (χ0v) is 22.3. The minimum atomic E-state index is -0.810. The van der Waals surface area contributed by atoms with Crippen molar-refractivity contribution in [2.45, 2.75) is 75.5 Å². The number of amides is 3. The van der Waals surface area contributed by atoms with Crippen LogP contribution in [0.3, 0.4) is 0 Å². The first-order valence-corrected chi connectivity index (χ1v) is 14.1. The molecule has 39 heavy (non-hydrogen) atoms. The maximum atomic E-state index is 14.1. The zero-order chi connectivity index (χ0) is 27.0. The average molecular weight is 524 g/mol. The molecule has 1 saturated carbocycles. The average Bonchev–Trinajstić information content (AvgIpc) is 2.96. The highest BCUT2D eigenvalue weighted by Crippen LogP contribution is 2.25. The van der Waals surface area contributed by atoms with Crippen molar-refractivity contribution in [3.05, 3.63) is 108 Å². The highest BCUT2D eigenvalue weighted by Gasteiger charge is 2.48. The van der Waals surface area contributed by atoms with Gasteiger partial charge in [0, 0.05) is 12.5 Å². The molecule has 3 amide bonds. The molecule has 2 fully saturated rings. The fourth-order valence-electron chi connectivity index (χ4n) is 5.96. The molecule has 0 bridgehead atoms. The van der Waals surface area contributed by atoms with Gasteiger partial charge in [0.15, 0.2) is 0 Å². The third kappa shape index (κ3) is 6.75. The number of hydrogen-bond acceptors (Lipinski definition) is 3. The first kappa shape index (κ1) is 26.7. The molecule has 2 aliphatic rings. The van der Waals surface area contributed by atoms with E-state index >= 15 is 0 Å². The molecule has 3 atom stereocenters. The molecule has 2 unspecified atom stereocenters. The van der Waals surface area contributed by atoms with Gasteiger partial charge in [-0.15, -0.1) is 0 Å². The number of piperazine rings is 1. The maximum Gasteiger partial charge on any atom is 0.245 e. The number of rotatable bonds is 8. The summed E-state index contributed by atoms with van der Waals surface area (Å²) >= 11 is 0. The van der Waals surface area contributed by atoms with E-state index in [2.05, 4.69) is 10.6 Å². The van der Waals surface area contributed by atoms with E-state index in [1.54, 1.807) is 4.90 Å². The summed E-state index contributed by atoms with van der Waals surface area (Å²) in [4.78, 5) is 43.5. The van der Waals surface area contributed by atoms with Crippen LogP contribution in [0.15, 0.2) is 91.0 Å². The third-order valence-corrected chi connectivity index (χ3v) is 7.92. The highest BCUT2D eigenvalue weighted by atomic mass is 16.2. The van der Waals surface area contributed by atoms with Gasteiger partial charge in [0.25, 0.3) is 0 Å². The van der Waals surface area contributed by atoms with Crippen LogP contribution in [-0.2, 0) is 33.6 Å². The molecule has 6 nitrogen and oxygen atoms in total. The fourth-order valence-corrected chi connectivity index (χ4v) is 5.96. The zero-order valence-electron chi connectivity index (χ0n) is 22.3. The van der Waals surface area contributed by atoms with Crippen molar-refractivity contribution in [2.75, 3.05) is 0 Å². The molecule has 6 heteroatoms. The Morgan fingerprint density at radius 1 is 0.744 bits per heavy atom. The van der Waals surface area contributed by atoms with E-state index in [0.29, 0.717) is 12.8 Å². The van der Waals surface area contributed by atoms with Gasteiger partial charge in [-0.3, -0.25) is 14.4 Å². The van der Waals surface area contributed by atoms with Gasteiger partial charge >= 0.3 is 0 Å². The molecule has 1 heterocycles. The fraction of sp³-hybridized carbons (Fsp3) is 0.364. The molecule has 202 valence electrons. The summed E-state index contributed by atoms with van der Waals surface area (Å²) in [5.41, 5.74) is 2.82. The smallest absolute Gasteiger partial charge is 0.245 e. The van der Waals surface area contributed by atoms with Crippen molar-refractivity contribution < 1.29 is 14.4 Å². The number of benzene rings is 3. The van der Waals surface area contributed by atoms with E-state index in [-0.39, 0.29) is 30.2 Å². The number of hydrogen-bond donors (Lipinski definition) is 2. The first-order valence-electron chi connectivity index (χ1n) is 14.1. The van der Waals surface area contributed by atoms with Crippen molar-refractivity contribution >= 4 is 17.7 Å². The number of carbonyl (C=O) groups is 3. The van der Waals surface area contributed by atoms with E-state index in [4.69, 9.17) is 0 Å². The molecule has 0 aromatic heterocycles. The normalized spacial score (nSPS) is 21.7. The van der Waals surface area contributed by atoms with E-state index in [1.165, 1.54) is 6.42 Å². The predicted molar refractivity (Wildman–Crippen MR) is 152 cm³/mol. The standard InChI is InChI=1S/C33H37N3O3/c37-30(23-26-17-9-3-10-18-26)36-29(22-25-15-7-2-8-16-25)32(38)35-28(21-24-13-5-1-6-14-24)31(36)33(39)34-27-19-11-4-12-20-27/h1-3,5-10,13-18,27-29,31H,4,11-12,19-23H2,(H,34,39)(H,35,38)/t28?,29-,31?/m0/s1. The SMILES string of the molecule is O=C(NC1CCCCC1)C1C(Cc2ccccc2)NC(=O)[C@H](Cc2ccccc2)N1C(=O)Cc1ccccc1. The summed E-state index contributed by atoms with van der Waals surface area (Å²) < 4.78 is 0. The van der Waals surface area contributed by atoms with Crippen LogP contribution in [0.1, 0.15) is 48.8 Å². The topological polar surface area (TPSA) is 78.5 Å². The van der Waals surface area contributed by atoms with E-state index in [9.17, 15) is 14.4 Å². The molecule has 0 radical (unpaired) electrons. The molecular formula is C33H37N3O3. The molecule has 5 rings (SSSR count). The van der Waals surface area contributed by atoms with Gasteiger partial charge in [-0.2, -0.15) is 0 Å². The first-order chi connectivity index (χ1) is 19.1. The molecule has 2 N–H and O–H groups in total. The van der Waals surface area contributed by atoms with Gasteiger partial charge in [-0.1, -0.05) is 110 Å². The Bertz CT molecular complexity index is 1240. The summed E-state index contributed by atoms with van der Waals surface area (Å²) in [6, 6.07) is 27.1. The van der Waals surface area contributed by atoms with Crippen LogP contribution in [0.2, 0.25) is 0 Å². The van der Waals surface area contributed by atoms with Crippen LogP contribution in [0.4, 0.5) is 0 Å². The van der Waals surface area contributed by atoms with Crippen LogP contribution < -0.4 is 10.6 Å². The largest absolute Gasteiger partial charge is 0.352 e. The molecule has 3 aromatic rings. The van der Waals surface area contributed by atoms with Crippen LogP contribution in [0, 0.1) is 0 Å². The van der Waals surface area contributed by atoms with Crippen LogP contribution >= 0.6 is 0 Å². The molecule has 3 aromatic carbocycles. The van der Waals surface area contributed by atoms with Gasteiger partial charge in [-0.05, 0) is 36.0 Å². The quantitative estimate of drug-likeness (QED) is 0.464. The summed E-state index contributed by atoms with van der Waals surface area (Å²) in [6.07, 6.45) is 6.19. The van der Waals surface area contributed by atoms with Crippen molar-refractivity contribution in [3.63, 3.8) is 0 Å². The molecular weight excluding hydrogens is 486 g/mol. The van der Waals surface area contributed by atoms with E-state index in [1.807, 2.05) is 91.0 Å². The Morgan fingerprint density at radius 3 is 1.87 bits per heavy atom. The van der Waals surface area contributed by atoms with Crippen molar-refractivity contribution in [1.82, 2.24) is 15.5 Å². The second kappa shape index (κ2) is 12.7. The lowest BCUT2D eigenvalue weighted by Gasteiger charge is -2.46. The highest BCUT2D eigenvalue weighted by molar-refractivity contribution is 5.96. The maximum absolute atomic E-state index is 14.1. The van der Waals surface area contributed by atoms with Crippen molar-refractivity contribution in [2.24, 2.45) is 0 Å². The van der Waals surface area contributed by atoms with Crippen LogP contribution in [-0.4, -0.2) is 46.8 Å². The van der Waals surface area contributed by atoms with Gasteiger partial charge in [0.1, 0.15) is 12.1 Å². The Morgan fingerprint density at radius 2 is 1.28 bits per heavy atom. The van der Waals surface area contributed by atoms with Gasteiger partial charge in [0.05, 0.1) is 12.5 Å². The Labute approximate surface area is 230 Å². The van der Waals surface area contributed by atoms with Gasteiger partial charge in [0.2, 0.25) is 17.7 Å². The van der Waals surface area contributed by atoms with Gasteiger partial charge < -0.3 is 15.5 Å². The summed E-state index contributed by atoms with van der Waals surface area (Å²) in [6.45, 7) is 0. The predicted octanol–water partition coefficient (Wildman–Crippen LogP) is 4.23. The molecule has 0 spiro atoms. The van der Waals surface area contributed by atoms with E-state index in [0.717, 1.165) is 42.4 Å². The lowest BCUT2D eigenvalue weighted by atomic mass is 9.89. The summed E-state index contributed by atoms with van der Waals surface area (Å²) in [7, 11) is 0. The van der Waals surface area contributed by atoms with Crippen LogP contribution in [0.5, 0.6) is 0 Å². The number of nitrogens with one attached hydrogen (secondary N) is 2. The van der Waals surface area contributed by atoms with Crippen molar-refractivity contribution in [3.8, 4) is 0 Å². The third-order valence-electron chi connectivity index (χ3n) is 7.92. The minimum absolute atomic E-state index is 0.0971. The monoisotopic (exact) mass is 523 g/mol. The Hall–Kier alpha value is -3.93. The summed E-state index contributed by atoms with van der Waals surface area (Å²) in [5, 5.41) is 6.43. The summed E-state index contributed by atoms with van der Waals surface area (Å²) in [5.74, 6) is -0.607. The van der Waals surface area contributed by atoms with E-state index < -0.39 is 18.1 Å². The van der Waals surface area contributed by atoms with Crippen LogP contribution in [0.25, 0.3) is 0 Å². The van der Waals surface area contributed by atoms with Gasteiger partial charge in [-0.25, -0.2) is 0 Å².